The van der Waals surface area contributed by atoms with Crippen molar-refractivity contribution < 1.29 is 73.9 Å². The summed E-state index contributed by atoms with van der Waals surface area (Å²) in [5.41, 5.74) is 0.699. The SMILES string of the molecule is Cc1cc2c(cc1Cl)C(=O)CC([B-](F)(F)F)O2.[K+]. The van der Waals surface area contributed by atoms with E-state index in [4.69, 9.17) is 16.3 Å². The van der Waals surface area contributed by atoms with Crippen LogP contribution in [0.2, 0.25) is 5.02 Å². The molecule has 0 fully saturated rings. The van der Waals surface area contributed by atoms with E-state index >= 15 is 0 Å². The van der Waals surface area contributed by atoms with Crippen molar-refractivity contribution in [3.05, 3.63) is 28.3 Å². The maximum atomic E-state index is 12.5. The second-order valence-electron chi connectivity index (χ2n) is 4.01. The van der Waals surface area contributed by atoms with Crippen molar-refractivity contribution in [1.82, 2.24) is 0 Å². The molecule has 1 unspecified atom stereocenters. The number of halogens is 4. The standard InChI is InChI=1S/C10H8BClF3O2.K/c1-5-2-9-6(3-7(5)12)8(16)4-10(17-9)11(13,14)15;/h2-3,10H,4H2,1H3;/q-1;+1. The van der Waals surface area contributed by atoms with Crippen LogP contribution in [0.5, 0.6) is 5.75 Å². The van der Waals surface area contributed by atoms with Gasteiger partial charge in [-0.2, -0.15) is 0 Å². The first-order chi connectivity index (χ1) is 7.79. The van der Waals surface area contributed by atoms with Gasteiger partial charge in [-0.3, -0.25) is 4.79 Å². The smallest absolute Gasteiger partial charge is 0.517 e. The number of Topliss-reactive ketones (excluding diaryl/α,β-unsaturated/α-hetero) is 1. The van der Waals surface area contributed by atoms with E-state index < -0.39 is 25.2 Å². The molecule has 2 rings (SSSR count). The second kappa shape index (κ2) is 5.85. The quantitative estimate of drug-likeness (QED) is 0.701. The van der Waals surface area contributed by atoms with Gasteiger partial charge in [0.2, 0.25) is 0 Å². The number of carbonyl (C=O) groups excluding carboxylic acids is 1. The van der Waals surface area contributed by atoms with Crippen LogP contribution in [0.1, 0.15) is 22.3 Å². The van der Waals surface area contributed by atoms with E-state index in [1.54, 1.807) is 6.92 Å². The molecule has 1 heterocycles. The largest absolute Gasteiger partial charge is 1.00 e. The van der Waals surface area contributed by atoms with Crippen molar-refractivity contribution in [3.63, 3.8) is 0 Å². The third-order valence-corrected chi connectivity index (χ3v) is 3.05. The van der Waals surface area contributed by atoms with Crippen LogP contribution in [0, 0.1) is 6.92 Å². The first-order valence-corrected chi connectivity index (χ1v) is 5.37. The Kier molecular flexibility index (Phi) is 5.37. The van der Waals surface area contributed by atoms with E-state index in [1.807, 2.05) is 0 Å². The minimum Gasteiger partial charge on any atom is -0.517 e. The number of hydrogen-bond acceptors (Lipinski definition) is 2. The van der Waals surface area contributed by atoms with E-state index in [-0.39, 0.29) is 62.7 Å². The molecule has 0 N–H and O–H groups in total. The zero-order chi connectivity index (χ0) is 12.8. The van der Waals surface area contributed by atoms with Crippen LogP contribution in [0.15, 0.2) is 12.1 Å². The number of ketones is 1. The zero-order valence-corrected chi connectivity index (χ0v) is 13.7. The normalized spacial score (nSPS) is 18.7. The molecule has 0 aromatic heterocycles. The maximum Gasteiger partial charge on any atom is 1.00 e. The first-order valence-electron chi connectivity index (χ1n) is 4.99. The average Bonchev–Trinajstić information content (AvgIpc) is 2.19. The Morgan fingerprint density at radius 1 is 1.39 bits per heavy atom. The number of carbonyl (C=O) groups is 1. The van der Waals surface area contributed by atoms with Crippen molar-refractivity contribution in [1.29, 1.82) is 0 Å². The predicted molar refractivity (Wildman–Crippen MR) is 58.6 cm³/mol. The van der Waals surface area contributed by atoms with Crippen molar-refractivity contribution in [2.24, 2.45) is 0 Å². The van der Waals surface area contributed by atoms with E-state index in [9.17, 15) is 17.7 Å². The summed E-state index contributed by atoms with van der Waals surface area (Å²) in [7, 11) is 0. The van der Waals surface area contributed by atoms with Gasteiger partial charge in [-0.25, -0.2) is 0 Å². The van der Waals surface area contributed by atoms with Gasteiger partial charge in [-0.05, 0) is 24.6 Å². The summed E-state index contributed by atoms with van der Waals surface area (Å²) >= 11 is 5.81. The molecule has 0 bridgehead atoms. The summed E-state index contributed by atoms with van der Waals surface area (Å²) in [5.74, 6) is -0.621. The van der Waals surface area contributed by atoms with Crippen molar-refractivity contribution in [2.75, 3.05) is 0 Å². The molecule has 8 heteroatoms. The van der Waals surface area contributed by atoms with Gasteiger partial charge < -0.3 is 17.7 Å². The Bertz CT molecular complexity index is 493. The van der Waals surface area contributed by atoms with Crippen molar-refractivity contribution >= 4 is 24.4 Å². The fourth-order valence-electron chi connectivity index (χ4n) is 1.68. The van der Waals surface area contributed by atoms with Crippen LogP contribution in [0.25, 0.3) is 0 Å². The van der Waals surface area contributed by atoms with Crippen LogP contribution in [-0.2, 0) is 0 Å². The van der Waals surface area contributed by atoms with Gasteiger partial charge in [0.15, 0.2) is 5.78 Å². The topological polar surface area (TPSA) is 26.3 Å². The molecule has 0 spiro atoms. The molecule has 0 saturated carbocycles. The van der Waals surface area contributed by atoms with Gasteiger partial charge in [-0.15, -0.1) is 0 Å². The van der Waals surface area contributed by atoms with E-state index in [1.165, 1.54) is 12.1 Å². The Balaban J connectivity index is 0.00000162. The number of aryl methyl sites for hydroxylation is 1. The summed E-state index contributed by atoms with van der Waals surface area (Å²) in [4.78, 5) is 11.6. The Morgan fingerprint density at radius 2 is 2.00 bits per heavy atom. The Labute approximate surface area is 150 Å². The molecule has 1 aliphatic rings. The summed E-state index contributed by atoms with van der Waals surface area (Å²) in [6.45, 7) is -3.55. The first kappa shape index (κ1) is 16.5. The molecule has 0 aliphatic carbocycles. The molecular weight excluding hydrogens is 294 g/mol. The van der Waals surface area contributed by atoms with Gasteiger partial charge >= 0.3 is 58.4 Å². The fraction of sp³-hybridized carbons (Fsp3) is 0.300. The molecule has 18 heavy (non-hydrogen) atoms. The van der Waals surface area contributed by atoms with E-state index in [2.05, 4.69) is 0 Å². The second-order valence-corrected chi connectivity index (χ2v) is 4.41. The van der Waals surface area contributed by atoms with Gasteiger partial charge in [0.25, 0.3) is 0 Å². The van der Waals surface area contributed by atoms with Crippen LogP contribution in [0.4, 0.5) is 12.9 Å². The summed E-state index contributed by atoms with van der Waals surface area (Å²) in [6.07, 6.45) is -0.671. The van der Waals surface area contributed by atoms with Crippen molar-refractivity contribution in [2.45, 2.75) is 19.3 Å². The number of hydrogen-bond donors (Lipinski definition) is 0. The Morgan fingerprint density at radius 3 is 2.56 bits per heavy atom. The molecule has 92 valence electrons. The molecule has 0 radical (unpaired) electrons. The molecule has 2 nitrogen and oxygen atoms in total. The van der Waals surface area contributed by atoms with Crippen LogP contribution >= 0.6 is 11.6 Å². The minimum atomic E-state index is -5.19. The van der Waals surface area contributed by atoms with Crippen molar-refractivity contribution in [3.8, 4) is 5.75 Å². The third-order valence-electron chi connectivity index (χ3n) is 2.65. The summed E-state index contributed by atoms with van der Waals surface area (Å²) in [5, 5.41) is 0.344. The molecule has 1 atom stereocenters. The monoisotopic (exact) mass is 302 g/mol. The zero-order valence-electron chi connectivity index (χ0n) is 9.84. The summed E-state index contributed by atoms with van der Waals surface area (Å²) in [6, 6.07) is 0.716. The maximum absolute atomic E-state index is 12.5. The van der Waals surface area contributed by atoms with E-state index in [0.717, 1.165) is 0 Å². The number of rotatable bonds is 1. The number of benzene rings is 1. The molecule has 1 aliphatic heterocycles. The number of fused-ring (bicyclic) bond motifs is 1. The molecule has 1 aromatic rings. The van der Waals surface area contributed by atoms with E-state index in [0.29, 0.717) is 10.6 Å². The number of ether oxygens (including phenoxy) is 1. The van der Waals surface area contributed by atoms with Crippen LogP contribution in [-0.4, -0.2) is 18.8 Å². The Hall–Kier alpha value is 0.471. The predicted octanol–water partition coefficient (Wildman–Crippen LogP) is 0.373. The average molecular weight is 303 g/mol. The molecular formula is C10H8BClF3KO2. The molecule has 0 saturated heterocycles. The van der Waals surface area contributed by atoms with Crippen LogP contribution < -0.4 is 56.1 Å². The van der Waals surface area contributed by atoms with Gasteiger partial charge in [-0.1, -0.05) is 11.6 Å². The molecule has 0 amide bonds. The summed E-state index contributed by atoms with van der Waals surface area (Å²) < 4.78 is 42.5. The van der Waals surface area contributed by atoms with Gasteiger partial charge in [0.1, 0.15) is 5.75 Å². The fourth-order valence-corrected chi connectivity index (χ4v) is 1.84. The van der Waals surface area contributed by atoms with Gasteiger partial charge in [0, 0.05) is 11.4 Å². The minimum absolute atomic E-state index is 0. The van der Waals surface area contributed by atoms with Gasteiger partial charge in [0.05, 0.1) is 11.6 Å². The molecule has 1 aromatic carbocycles. The third kappa shape index (κ3) is 3.32. The van der Waals surface area contributed by atoms with Crippen LogP contribution in [0.3, 0.4) is 0 Å².